The third-order valence-electron chi connectivity index (χ3n) is 7.77. The van der Waals surface area contributed by atoms with Crippen molar-refractivity contribution in [1.82, 2.24) is 10.1 Å². The van der Waals surface area contributed by atoms with Crippen molar-refractivity contribution in [2.75, 3.05) is 0 Å². The Hall–Kier alpha value is -3.27. The minimum Gasteiger partial charge on any atom is -0.437 e. The van der Waals surface area contributed by atoms with Crippen molar-refractivity contribution in [3.8, 4) is 11.3 Å². The van der Waals surface area contributed by atoms with Gasteiger partial charge in [0.1, 0.15) is 0 Å². The lowest BCUT2D eigenvalue weighted by atomic mass is 9.62. The number of aryl methyl sites for hydroxylation is 2. The summed E-state index contributed by atoms with van der Waals surface area (Å²) in [5.74, 6) is 0. The summed E-state index contributed by atoms with van der Waals surface area (Å²) in [6, 6.07) is 15.2. The monoisotopic (exact) mass is 436 g/mol. The van der Waals surface area contributed by atoms with Gasteiger partial charge in [-0.15, -0.1) is 0 Å². The van der Waals surface area contributed by atoms with Gasteiger partial charge in [-0.05, 0) is 64.5 Å². The number of fused-ring (bicyclic) bond motifs is 6. The summed E-state index contributed by atoms with van der Waals surface area (Å²) in [4.78, 5) is 5.19. The van der Waals surface area contributed by atoms with E-state index in [4.69, 9.17) is 9.40 Å². The summed E-state index contributed by atoms with van der Waals surface area (Å²) >= 11 is 0. The van der Waals surface area contributed by atoms with Crippen LogP contribution >= 0.6 is 0 Å². The molecule has 0 spiro atoms. The summed E-state index contributed by atoms with van der Waals surface area (Å²) in [5.41, 5.74) is 9.00. The average molecular weight is 437 g/mol. The van der Waals surface area contributed by atoms with E-state index in [1.807, 2.05) is 17.8 Å². The largest absolute Gasteiger partial charge is 0.437 e. The van der Waals surface area contributed by atoms with E-state index in [2.05, 4.69) is 76.1 Å². The van der Waals surface area contributed by atoms with Gasteiger partial charge >= 0.3 is 0 Å². The van der Waals surface area contributed by atoms with Crippen molar-refractivity contribution >= 4 is 33.0 Å². The summed E-state index contributed by atoms with van der Waals surface area (Å²) in [6.45, 7) is 11.6. The Bertz CT molecular complexity index is 1590. The molecule has 0 radical (unpaired) electrons. The van der Waals surface area contributed by atoms with Crippen LogP contribution in [0.15, 0.2) is 53.1 Å². The molecule has 1 aliphatic rings. The van der Waals surface area contributed by atoms with Crippen molar-refractivity contribution in [2.45, 2.75) is 58.3 Å². The maximum atomic E-state index is 6.54. The minimum atomic E-state index is 0.0856. The van der Waals surface area contributed by atoms with Crippen LogP contribution in [0.1, 0.15) is 57.2 Å². The van der Waals surface area contributed by atoms with Crippen LogP contribution in [-0.2, 0) is 17.9 Å². The molecule has 0 atom stereocenters. The minimum absolute atomic E-state index is 0.0856. The van der Waals surface area contributed by atoms with E-state index in [1.54, 1.807) is 6.20 Å². The molecule has 4 heteroatoms. The van der Waals surface area contributed by atoms with Gasteiger partial charge in [0, 0.05) is 22.2 Å². The first-order valence-corrected chi connectivity index (χ1v) is 11.8. The van der Waals surface area contributed by atoms with E-state index in [0.717, 1.165) is 45.1 Å². The van der Waals surface area contributed by atoms with Gasteiger partial charge in [0.15, 0.2) is 12.6 Å². The lowest BCUT2D eigenvalue weighted by molar-refractivity contribution is -0.720. The van der Waals surface area contributed by atoms with Crippen LogP contribution in [0.25, 0.3) is 44.2 Å². The number of nitrogens with zero attached hydrogens (tertiary/aromatic N) is 3. The Morgan fingerprint density at radius 2 is 1.73 bits per heavy atom. The molecule has 33 heavy (non-hydrogen) atoms. The van der Waals surface area contributed by atoms with Gasteiger partial charge < -0.3 is 4.42 Å². The molecule has 1 aliphatic carbocycles. The normalized spacial score (nSPS) is 17.0. The summed E-state index contributed by atoms with van der Waals surface area (Å²) in [5, 5.41) is 7.79. The average Bonchev–Trinajstić information content (AvgIpc) is 3.13. The molecule has 4 nitrogen and oxygen atoms in total. The third kappa shape index (κ3) is 2.86. The first-order chi connectivity index (χ1) is 15.7. The molecule has 166 valence electrons. The predicted molar refractivity (Wildman–Crippen MR) is 133 cm³/mol. The molecule has 0 fully saturated rings. The number of hydrogen-bond acceptors (Lipinski definition) is 3. The van der Waals surface area contributed by atoms with Gasteiger partial charge in [0.25, 0.3) is 0 Å². The van der Waals surface area contributed by atoms with Gasteiger partial charge in [-0.2, -0.15) is 0 Å². The molecule has 0 amide bonds. The first-order valence-electron chi connectivity index (χ1n) is 11.8. The highest BCUT2D eigenvalue weighted by atomic mass is 16.3. The number of benzene rings is 2. The fourth-order valence-electron chi connectivity index (χ4n) is 5.73. The van der Waals surface area contributed by atoms with E-state index < -0.39 is 0 Å². The molecule has 0 unspecified atom stereocenters. The molecule has 0 saturated carbocycles. The van der Waals surface area contributed by atoms with Crippen LogP contribution in [0.5, 0.6) is 0 Å². The predicted octanol–water partition coefficient (Wildman–Crippen LogP) is 6.68. The molecule has 0 aliphatic heterocycles. The molecule has 0 saturated heterocycles. The topological polar surface area (TPSA) is 42.8 Å². The lowest BCUT2D eigenvalue weighted by Gasteiger charge is -2.42. The van der Waals surface area contributed by atoms with Crippen molar-refractivity contribution in [2.24, 2.45) is 7.05 Å². The SMILES string of the molecule is Cc1ccc2c(oc3nc4c5c(ccc4cc32)C(C)(C)CCC5(C)C)c1-c1cccn[n+]1C. The Labute approximate surface area is 194 Å². The van der Waals surface area contributed by atoms with Gasteiger partial charge in [0.2, 0.25) is 11.4 Å². The Balaban J connectivity index is 1.72. The third-order valence-corrected chi connectivity index (χ3v) is 7.77. The van der Waals surface area contributed by atoms with Gasteiger partial charge in [-0.3, -0.25) is 0 Å². The fraction of sp³-hybridized carbons (Fsp3) is 0.345. The Kier molecular flexibility index (Phi) is 4.09. The molecule has 0 bridgehead atoms. The molecule has 6 rings (SSSR count). The van der Waals surface area contributed by atoms with Gasteiger partial charge in [-0.1, -0.05) is 56.6 Å². The molecule has 5 aromatic rings. The van der Waals surface area contributed by atoms with E-state index in [1.165, 1.54) is 22.9 Å². The zero-order valence-corrected chi connectivity index (χ0v) is 20.3. The second-order valence-corrected chi connectivity index (χ2v) is 10.9. The number of pyridine rings is 1. The maximum Gasteiger partial charge on any atom is 0.242 e. The van der Waals surface area contributed by atoms with Crippen LogP contribution in [0.4, 0.5) is 0 Å². The number of furan rings is 1. The zero-order chi connectivity index (χ0) is 23.1. The van der Waals surface area contributed by atoms with Crippen LogP contribution in [0.2, 0.25) is 0 Å². The van der Waals surface area contributed by atoms with Gasteiger partial charge in [0.05, 0.1) is 17.3 Å². The smallest absolute Gasteiger partial charge is 0.242 e. The standard InChI is InChI=1S/C29H30N3O/c1-17-9-11-19-20-16-18-10-12-21-24(29(4,5)14-13-28(21,2)3)25(18)31-27(20)33-26(19)23(17)22-8-7-15-30-32(22)6/h7-12,15-16H,13-14H2,1-6H3/q+1. The van der Waals surface area contributed by atoms with Crippen molar-refractivity contribution in [3.63, 3.8) is 0 Å². The lowest BCUT2D eigenvalue weighted by Crippen LogP contribution is -2.35. The zero-order valence-electron chi connectivity index (χ0n) is 20.3. The van der Waals surface area contributed by atoms with E-state index in [-0.39, 0.29) is 10.8 Å². The quantitative estimate of drug-likeness (QED) is 0.275. The number of hydrogen-bond donors (Lipinski definition) is 0. The first kappa shape index (κ1) is 20.3. The van der Waals surface area contributed by atoms with Gasteiger partial charge in [-0.25, -0.2) is 4.98 Å². The maximum absolute atomic E-state index is 6.54. The second kappa shape index (κ2) is 6.63. The molecule has 2 aromatic carbocycles. The highest BCUT2D eigenvalue weighted by molar-refractivity contribution is 6.11. The summed E-state index contributed by atoms with van der Waals surface area (Å²) < 4.78 is 8.44. The molecule has 3 aromatic heterocycles. The number of aromatic nitrogens is 3. The van der Waals surface area contributed by atoms with Crippen LogP contribution in [-0.4, -0.2) is 10.1 Å². The second-order valence-electron chi connectivity index (χ2n) is 10.9. The summed E-state index contributed by atoms with van der Waals surface area (Å²) in [7, 11) is 1.97. The van der Waals surface area contributed by atoms with E-state index in [9.17, 15) is 0 Å². The number of rotatable bonds is 1. The fourth-order valence-corrected chi connectivity index (χ4v) is 5.73. The van der Waals surface area contributed by atoms with E-state index >= 15 is 0 Å². The Morgan fingerprint density at radius 1 is 0.939 bits per heavy atom. The van der Waals surface area contributed by atoms with Crippen LogP contribution in [0.3, 0.4) is 0 Å². The summed E-state index contributed by atoms with van der Waals surface area (Å²) in [6.07, 6.45) is 4.15. The van der Waals surface area contributed by atoms with Crippen LogP contribution in [0, 0.1) is 6.92 Å². The van der Waals surface area contributed by atoms with E-state index in [0.29, 0.717) is 5.71 Å². The van der Waals surface area contributed by atoms with Crippen molar-refractivity contribution < 1.29 is 9.10 Å². The van der Waals surface area contributed by atoms with Crippen LogP contribution < -0.4 is 4.68 Å². The Morgan fingerprint density at radius 3 is 2.52 bits per heavy atom. The highest BCUT2D eigenvalue weighted by Gasteiger charge is 2.38. The van der Waals surface area contributed by atoms with Crippen molar-refractivity contribution in [1.29, 1.82) is 0 Å². The molecule has 0 N–H and O–H groups in total. The van der Waals surface area contributed by atoms with Crippen molar-refractivity contribution in [3.05, 3.63) is 65.4 Å². The molecular formula is C29H30N3O+. The highest BCUT2D eigenvalue weighted by Crippen LogP contribution is 2.48. The molecule has 3 heterocycles. The molecular weight excluding hydrogens is 406 g/mol.